The first-order chi connectivity index (χ1) is 4.54. The van der Waals surface area contributed by atoms with Crippen LogP contribution in [0.1, 0.15) is 19.8 Å². The Balaban J connectivity index is 3.39. The second-order valence-electron chi connectivity index (χ2n) is 2.75. The van der Waals surface area contributed by atoms with Crippen LogP contribution in [0, 0.1) is 0 Å². The molecule has 0 saturated heterocycles. The van der Waals surface area contributed by atoms with Crippen LogP contribution in [0.25, 0.3) is 0 Å². The number of aliphatic carboxylic acids is 1. The van der Waals surface area contributed by atoms with Crippen molar-refractivity contribution in [1.82, 2.24) is 4.90 Å². The maximum Gasteiger partial charge on any atom is 0.303 e. The van der Waals surface area contributed by atoms with Crippen molar-refractivity contribution in [1.29, 1.82) is 0 Å². The number of carbonyl (C=O) groups is 1. The van der Waals surface area contributed by atoms with Crippen molar-refractivity contribution in [3.05, 3.63) is 0 Å². The van der Waals surface area contributed by atoms with Crippen LogP contribution in [0.4, 0.5) is 0 Å². The van der Waals surface area contributed by atoms with Crippen molar-refractivity contribution in [2.45, 2.75) is 25.8 Å². The van der Waals surface area contributed by atoms with E-state index in [-0.39, 0.29) is 6.42 Å². The first-order valence-corrected chi connectivity index (χ1v) is 3.42. The van der Waals surface area contributed by atoms with Crippen molar-refractivity contribution < 1.29 is 9.90 Å². The van der Waals surface area contributed by atoms with E-state index in [0.717, 1.165) is 6.42 Å². The summed E-state index contributed by atoms with van der Waals surface area (Å²) in [6, 6.07) is 0.357. The van der Waals surface area contributed by atoms with E-state index in [9.17, 15) is 4.79 Å². The Morgan fingerprint density at radius 2 is 2.10 bits per heavy atom. The number of rotatable bonds is 4. The highest BCUT2D eigenvalue weighted by Crippen LogP contribution is 2.00. The summed E-state index contributed by atoms with van der Waals surface area (Å²) < 4.78 is 0. The molecule has 10 heavy (non-hydrogen) atoms. The van der Waals surface area contributed by atoms with Gasteiger partial charge in [0.05, 0.1) is 0 Å². The quantitative estimate of drug-likeness (QED) is 0.636. The molecule has 0 aromatic heterocycles. The summed E-state index contributed by atoms with van der Waals surface area (Å²) in [6.07, 6.45) is 0.988. The predicted octanol–water partition coefficient (Wildman–Crippen LogP) is 0.801. The second kappa shape index (κ2) is 4.28. The Bertz CT molecular complexity index is 112. The van der Waals surface area contributed by atoms with E-state index >= 15 is 0 Å². The standard InChI is InChI=1S/C7H15NO2/c1-6(8(2)3)4-5-7(9)10/h6H,4-5H2,1-3H3,(H,9,10)/t6-/m0/s1. The first kappa shape index (κ1) is 9.43. The third kappa shape index (κ3) is 4.32. The molecule has 0 radical (unpaired) electrons. The molecule has 1 atom stereocenters. The van der Waals surface area contributed by atoms with Gasteiger partial charge in [-0.05, 0) is 27.4 Å². The highest BCUT2D eigenvalue weighted by atomic mass is 16.4. The van der Waals surface area contributed by atoms with Crippen molar-refractivity contribution in [2.75, 3.05) is 14.1 Å². The molecule has 0 aliphatic heterocycles. The molecule has 0 fully saturated rings. The van der Waals surface area contributed by atoms with Gasteiger partial charge in [-0.15, -0.1) is 0 Å². The SMILES string of the molecule is C[C@@H](CCC(=O)O)N(C)C. The molecule has 0 aromatic carbocycles. The molecule has 0 aliphatic carbocycles. The van der Waals surface area contributed by atoms with Gasteiger partial charge in [0.25, 0.3) is 0 Å². The third-order valence-corrected chi connectivity index (χ3v) is 1.66. The number of carboxylic acids is 1. The average Bonchev–Trinajstić information content (AvgIpc) is 1.82. The summed E-state index contributed by atoms with van der Waals surface area (Å²) in [5.74, 6) is -0.714. The van der Waals surface area contributed by atoms with Gasteiger partial charge in [0, 0.05) is 12.5 Å². The minimum Gasteiger partial charge on any atom is -0.481 e. The molecule has 0 aromatic rings. The maximum absolute atomic E-state index is 10.1. The van der Waals surface area contributed by atoms with Gasteiger partial charge in [0.2, 0.25) is 0 Å². The largest absolute Gasteiger partial charge is 0.481 e. The average molecular weight is 145 g/mol. The summed E-state index contributed by atoms with van der Waals surface area (Å²) in [6.45, 7) is 2.02. The van der Waals surface area contributed by atoms with E-state index in [1.54, 1.807) is 0 Å². The zero-order valence-electron chi connectivity index (χ0n) is 6.79. The molecule has 0 spiro atoms. The van der Waals surface area contributed by atoms with Crippen molar-refractivity contribution >= 4 is 5.97 Å². The number of nitrogens with zero attached hydrogens (tertiary/aromatic N) is 1. The fourth-order valence-corrected chi connectivity index (χ4v) is 0.591. The van der Waals surface area contributed by atoms with Gasteiger partial charge in [0.1, 0.15) is 0 Å². The Hall–Kier alpha value is -0.570. The predicted molar refractivity (Wildman–Crippen MR) is 40.0 cm³/mol. The lowest BCUT2D eigenvalue weighted by Gasteiger charge is -2.18. The van der Waals surface area contributed by atoms with Gasteiger partial charge in [-0.25, -0.2) is 0 Å². The van der Waals surface area contributed by atoms with Gasteiger partial charge in [0.15, 0.2) is 0 Å². The molecule has 0 amide bonds. The summed E-state index contributed by atoms with van der Waals surface area (Å²) in [4.78, 5) is 12.1. The van der Waals surface area contributed by atoms with E-state index in [0.29, 0.717) is 6.04 Å². The van der Waals surface area contributed by atoms with Gasteiger partial charge >= 0.3 is 5.97 Å². The summed E-state index contributed by atoms with van der Waals surface area (Å²) in [5, 5.41) is 8.33. The van der Waals surface area contributed by atoms with Crippen LogP contribution in [-0.4, -0.2) is 36.1 Å². The monoisotopic (exact) mass is 145 g/mol. The maximum atomic E-state index is 10.1. The van der Waals surface area contributed by atoms with E-state index in [2.05, 4.69) is 0 Å². The highest BCUT2D eigenvalue weighted by Gasteiger charge is 2.05. The highest BCUT2D eigenvalue weighted by molar-refractivity contribution is 5.66. The smallest absolute Gasteiger partial charge is 0.303 e. The zero-order chi connectivity index (χ0) is 8.15. The van der Waals surface area contributed by atoms with Gasteiger partial charge in [-0.3, -0.25) is 4.79 Å². The molecule has 0 rings (SSSR count). The van der Waals surface area contributed by atoms with Crippen LogP contribution in [-0.2, 0) is 4.79 Å². The van der Waals surface area contributed by atoms with Crippen LogP contribution in [0.15, 0.2) is 0 Å². The Kier molecular flexibility index (Phi) is 4.03. The normalized spacial score (nSPS) is 13.6. The van der Waals surface area contributed by atoms with Crippen LogP contribution >= 0.6 is 0 Å². The van der Waals surface area contributed by atoms with Crippen LogP contribution in [0.5, 0.6) is 0 Å². The molecule has 0 bridgehead atoms. The fraction of sp³-hybridized carbons (Fsp3) is 0.857. The van der Waals surface area contributed by atoms with Crippen molar-refractivity contribution in [3.8, 4) is 0 Å². The second-order valence-corrected chi connectivity index (χ2v) is 2.75. The van der Waals surface area contributed by atoms with E-state index in [1.807, 2.05) is 25.9 Å². The van der Waals surface area contributed by atoms with Gasteiger partial charge in [-0.1, -0.05) is 0 Å². The lowest BCUT2D eigenvalue weighted by Crippen LogP contribution is -2.25. The summed E-state index contributed by atoms with van der Waals surface area (Å²) >= 11 is 0. The minimum atomic E-state index is -0.714. The van der Waals surface area contributed by atoms with Gasteiger partial charge in [-0.2, -0.15) is 0 Å². The summed E-state index contributed by atoms with van der Waals surface area (Å²) in [7, 11) is 3.90. The molecular weight excluding hydrogens is 130 g/mol. The Morgan fingerprint density at radius 1 is 1.60 bits per heavy atom. The topological polar surface area (TPSA) is 40.5 Å². The Morgan fingerprint density at radius 3 is 2.40 bits per heavy atom. The molecule has 0 heterocycles. The van der Waals surface area contributed by atoms with E-state index in [1.165, 1.54) is 0 Å². The molecule has 1 N–H and O–H groups in total. The molecule has 60 valence electrons. The van der Waals surface area contributed by atoms with Crippen LogP contribution < -0.4 is 0 Å². The zero-order valence-corrected chi connectivity index (χ0v) is 6.79. The van der Waals surface area contributed by atoms with Crippen molar-refractivity contribution in [2.24, 2.45) is 0 Å². The number of hydrogen-bond acceptors (Lipinski definition) is 2. The fourth-order valence-electron chi connectivity index (χ4n) is 0.591. The van der Waals surface area contributed by atoms with Crippen LogP contribution in [0.2, 0.25) is 0 Å². The molecule has 0 saturated carbocycles. The molecule has 3 nitrogen and oxygen atoms in total. The molecule has 3 heteroatoms. The van der Waals surface area contributed by atoms with Gasteiger partial charge < -0.3 is 10.0 Å². The molecular formula is C7H15NO2. The van der Waals surface area contributed by atoms with Crippen LogP contribution in [0.3, 0.4) is 0 Å². The Labute approximate surface area is 61.6 Å². The number of carboxylic acid groups (broad SMARTS) is 1. The third-order valence-electron chi connectivity index (χ3n) is 1.66. The van der Waals surface area contributed by atoms with Crippen molar-refractivity contribution in [3.63, 3.8) is 0 Å². The lowest BCUT2D eigenvalue weighted by molar-refractivity contribution is -0.137. The van der Waals surface area contributed by atoms with E-state index < -0.39 is 5.97 Å². The lowest BCUT2D eigenvalue weighted by atomic mass is 10.2. The molecule has 0 unspecified atom stereocenters. The number of hydrogen-bond donors (Lipinski definition) is 1. The minimum absolute atomic E-state index is 0.263. The summed E-state index contributed by atoms with van der Waals surface area (Å²) in [5.41, 5.74) is 0. The van der Waals surface area contributed by atoms with E-state index in [4.69, 9.17) is 5.11 Å². The first-order valence-electron chi connectivity index (χ1n) is 3.42. The molecule has 0 aliphatic rings.